The van der Waals surface area contributed by atoms with E-state index in [0.717, 1.165) is 31.2 Å². The number of nitrogens with zero attached hydrogens (tertiary/aromatic N) is 1. The lowest BCUT2D eigenvalue weighted by Gasteiger charge is -2.24. The summed E-state index contributed by atoms with van der Waals surface area (Å²) >= 11 is 0. The molecule has 3 rings (SSSR count). The van der Waals surface area contributed by atoms with Gasteiger partial charge in [-0.1, -0.05) is 74.7 Å². The van der Waals surface area contributed by atoms with Gasteiger partial charge in [0.15, 0.2) is 0 Å². The summed E-state index contributed by atoms with van der Waals surface area (Å²) in [5, 5.41) is 3.10. The van der Waals surface area contributed by atoms with Gasteiger partial charge in [-0.25, -0.2) is 4.99 Å². The first-order valence-electron chi connectivity index (χ1n) is 9.69. The monoisotopic (exact) mass is 362 g/mol. The molecule has 0 heterocycles. The highest BCUT2D eigenvalue weighted by molar-refractivity contribution is 6.42. The van der Waals surface area contributed by atoms with Crippen LogP contribution in [0, 0.1) is 0 Å². The minimum absolute atomic E-state index is 0.172. The van der Waals surface area contributed by atoms with E-state index in [1.165, 1.54) is 6.42 Å². The highest BCUT2D eigenvalue weighted by Gasteiger charge is 2.25. The van der Waals surface area contributed by atoms with Crippen molar-refractivity contribution in [1.29, 1.82) is 0 Å². The van der Waals surface area contributed by atoms with Crippen molar-refractivity contribution in [1.82, 2.24) is 5.32 Å². The zero-order valence-corrected chi connectivity index (χ0v) is 15.7. The molecular weight excluding hydrogens is 336 g/mol. The lowest BCUT2D eigenvalue weighted by atomic mass is 9.93. The topological polar surface area (TPSA) is 58.5 Å². The summed E-state index contributed by atoms with van der Waals surface area (Å²) in [4.78, 5) is 29.9. The second kappa shape index (κ2) is 9.26. The Morgan fingerprint density at radius 2 is 1.52 bits per heavy atom. The normalized spacial score (nSPS) is 16.6. The quantitative estimate of drug-likeness (QED) is 0.795. The predicted molar refractivity (Wildman–Crippen MR) is 108 cm³/mol. The Kier molecular flexibility index (Phi) is 6.53. The number of carbonyl (C=O) groups is 2. The summed E-state index contributed by atoms with van der Waals surface area (Å²) in [5.74, 6) is -0.878. The number of hydrogen-bond acceptors (Lipinski definition) is 2. The van der Waals surface area contributed by atoms with Crippen LogP contribution in [0.4, 0.5) is 0 Å². The van der Waals surface area contributed by atoms with Gasteiger partial charge in [0.2, 0.25) is 0 Å². The summed E-state index contributed by atoms with van der Waals surface area (Å²) in [6, 6.07) is 18.8. The van der Waals surface area contributed by atoms with Crippen molar-refractivity contribution in [3.8, 4) is 0 Å². The van der Waals surface area contributed by atoms with Crippen LogP contribution in [0.2, 0.25) is 0 Å². The van der Waals surface area contributed by atoms with Gasteiger partial charge < -0.3 is 5.32 Å². The first-order valence-corrected chi connectivity index (χ1v) is 9.69. The van der Waals surface area contributed by atoms with Gasteiger partial charge in [-0.2, -0.15) is 0 Å². The van der Waals surface area contributed by atoms with Gasteiger partial charge in [-0.15, -0.1) is 0 Å². The van der Waals surface area contributed by atoms with Crippen molar-refractivity contribution >= 4 is 17.5 Å². The number of nitrogens with one attached hydrogen (secondary N) is 1. The summed E-state index contributed by atoms with van der Waals surface area (Å²) in [5.41, 5.74) is 1.73. The molecule has 0 aliphatic heterocycles. The van der Waals surface area contributed by atoms with E-state index in [-0.39, 0.29) is 29.5 Å². The molecule has 0 spiro atoms. The molecule has 1 saturated carbocycles. The van der Waals surface area contributed by atoms with Gasteiger partial charge in [-0.05, 0) is 30.5 Å². The van der Waals surface area contributed by atoms with Crippen LogP contribution < -0.4 is 5.32 Å². The van der Waals surface area contributed by atoms with Gasteiger partial charge >= 0.3 is 0 Å². The Labute approximate surface area is 160 Å². The van der Waals surface area contributed by atoms with Crippen LogP contribution in [0.3, 0.4) is 0 Å². The van der Waals surface area contributed by atoms with E-state index in [4.69, 9.17) is 0 Å². The van der Waals surface area contributed by atoms with Gasteiger partial charge in [0.1, 0.15) is 5.71 Å². The van der Waals surface area contributed by atoms with Crippen molar-refractivity contribution in [2.75, 3.05) is 0 Å². The number of benzene rings is 2. The molecule has 4 nitrogen and oxygen atoms in total. The van der Waals surface area contributed by atoms with Gasteiger partial charge in [-0.3, -0.25) is 9.59 Å². The molecule has 0 bridgehead atoms. The second-order valence-corrected chi connectivity index (χ2v) is 7.11. The Bertz CT molecular complexity index is 794. The molecule has 2 aromatic rings. The summed E-state index contributed by atoms with van der Waals surface area (Å²) in [7, 11) is 0. The fourth-order valence-electron chi connectivity index (χ4n) is 3.50. The molecule has 2 aromatic carbocycles. The molecule has 1 atom stereocenters. The van der Waals surface area contributed by atoms with E-state index in [0.29, 0.717) is 5.56 Å². The molecule has 1 aliphatic rings. The molecule has 4 heteroatoms. The van der Waals surface area contributed by atoms with E-state index in [1.807, 2.05) is 43.3 Å². The molecule has 27 heavy (non-hydrogen) atoms. The van der Waals surface area contributed by atoms with E-state index in [9.17, 15) is 9.59 Å². The molecule has 1 fully saturated rings. The maximum Gasteiger partial charge on any atom is 0.277 e. The molecular formula is C23H26N2O2. The van der Waals surface area contributed by atoms with Crippen LogP contribution in [-0.4, -0.2) is 23.6 Å². The average Bonchev–Trinajstić information content (AvgIpc) is 2.73. The molecule has 1 unspecified atom stereocenters. The second-order valence-electron chi connectivity index (χ2n) is 7.11. The lowest BCUT2D eigenvalue weighted by molar-refractivity contribution is -0.115. The van der Waals surface area contributed by atoms with Crippen LogP contribution in [0.1, 0.15) is 60.9 Å². The zero-order valence-electron chi connectivity index (χ0n) is 15.7. The van der Waals surface area contributed by atoms with Crippen LogP contribution in [0.5, 0.6) is 0 Å². The van der Waals surface area contributed by atoms with Crippen molar-refractivity contribution < 1.29 is 9.59 Å². The van der Waals surface area contributed by atoms with Crippen molar-refractivity contribution in [3.63, 3.8) is 0 Å². The van der Waals surface area contributed by atoms with Crippen LogP contribution in [0.15, 0.2) is 65.7 Å². The van der Waals surface area contributed by atoms with Gasteiger partial charge in [0.05, 0.1) is 0 Å². The third kappa shape index (κ3) is 5.13. The SMILES string of the molecule is CC(C(=NC(=O)c1ccccc1)C(=O)NC1CCCCC1)c1ccccc1. The number of hydrogen-bond donors (Lipinski definition) is 1. The molecule has 0 saturated heterocycles. The minimum Gasteiger partial charge on any atom is -0.348 e. The molecule has 140 valence electrons. The number of aliphatic imine (C=N–C) groups is 1. The summed E-state index contributed by atoms with van der Waals surface area (Å²) in [6.45, 7) is 1.92. The lowest BCUT2D eigenvalue weighted by Crippen LogP contribution is -2.42. The standard InChI is InChI=1S/C23H26N2O2/c1-17(18-11-5-2-6-12-18)21(23(27)24-20-15-9-4-10-16-20)25-22(26)19-13-7-3-8-14-19/h2-3,5-8,11-14,17,20H,4,9-10,15-16H2,1H3,(H,24,27). The fourth-order valence-corrected chi connectivity index (χ4v) is 3.50. The maximum absolute atomic E-state index is 13.0. The van der Waals surface area contributed by atoms with Crippen molar-refractivity contribution in [3.05, 3.63) is 71.8 Å². The Morgan fingerprint density at radius 3 is 2.15 bits per heavy atom. The highest BCUT2D eigenvalue weighted by Crippen LogP contribution is 2.20. The fraction of sp³-hybridized carbons (Fsp3) is 0.348. The first-order chi connectivity index (χ1) is 13.1. The highest BCUT2D eigenvalue weighted by atomic mass is 16.2. The van der Waals surface area contributed by atoms with E-state index in [1.54, 1.807) is 24.3 Å². The number of amides is 2. The number of rotatable bonds is 5. The summed E-state index contributed by atoms with van der Waals surface area (Å²) < 4.78 is 0. The van der Waals surface area contributed by atoms with E-state index < -0.39 is 0 Å². The predicted octanol–water partition coefficient (Wildman–Crippen LogP) is 4.52. The first kappa shape index (κ1) is 19.0. The molecule has 2 amide bonds. The van der Waals surface area contributed by atoms with Crippen molar-refractivity contribution in [2.45, 2.75) is 51.0 Å². The largest absolute Gasteiger partial charge is 0.348 e. The third-order valence-corrected chi connectivity index (χ3v) is 5.13. The minimum atomic E-state index is -0.382. The van der Waals surface area contributed by atoms with Gasteiger partial charge in [0.25, 0.3) is 11.8 Å². The molecule has 1 aliphatic carbocycles. The zero-order chi connectivity index (χ0) is 19.1. The Morgan fingerprint density at radius 1 is 0.926 bits per heavy atom. The van der Waals surface area contributed by atoms with Gasteiger partial charge in [0, 0.05) is 17.5 Å². The van der Waals surface area contributed by atoms with Crippen molar-refractivity contribution in [2.24, 2.45) is 4.99 Å². The van der Waals surface area contributed by atoms with E-state index in [2.05, 4.69) is 10.3 Å². The van der Waals surface area contributed by atoms with Crippen LogP contribution in [0.25, 0.3) is 0 Å². The smallest absolute Gasteiger partial charge is 0.277 e. The summed E-state index contributed by atoms with van der Waals surface area (Å²) in [6.07, 6.45) is 5.47. The molecule has 1 N–H and O–H groups in total. The average molecular weight is 362 g/mol. The molecule has 0 aromatic heterocycles. The third-order valence-electron chi connectivity index (χ3n) is 5.13. The molecule has 0 radical (unpaired) electrons. The maximum atomic E-state index is 13.0. The van der Waals surface area contributed by atoms with E-state index >= 15 is 0 Å². The van der Waals surface area contributed by atoms with Crippen LogP contribution >= 0.6 is 0 Å². The Balaban J connectivity index is 1.86. The van der Waals surface area contributed by atoms with Crippen LogP contribution in [-0.2, 0) is 4.79 Å². The Hall–Kier alpha value is -2.75. The number of carbonyl (C=O) groups excluding carboxylic acids is 2.